The van der Waals surface area contributed by atoms with Crippen LogP contribution in [0.1, 0.15) is 53.2 Å². The van der Waals surface area contributed by atoms with E-state index in [0.717, 1.165) is 29.7 Å². The smallest absolute Gasteiger partial charge is 0.372 e. The van der Waals surface area contributed by atoms with Crippen LogP contribution in [0.4, 0.5) is 0 Å². The van der Waals surface area contributed by atoms with Gasteiger partial charge in [0.05, 0.1) is 18.4 Å². The number of esters is 1. The van der Waals surface area contributed by atoms with E-state index in [2.05, 4.69) is 9.97 Å². The van der Waals surface area contributed by atoms with Gasteiger partial charge in [0.25, 0.3) is 5.56 Å². The number of ether oxygens (including phenoxy) is 1. The molecule has 2 heterocycles. The molecule has 0 saturated carbocycles. The minimum Gasteiger partial charge on any atom is -0.475 e. The Hall–Kier alpha value is -2.22. The lowest BCUT2D eigenvalue weighted by Crippen LogP contribution is -2.19. The van der Waals surface area contributed by atoms with Gasteiger partial charge in [0.15, 0.2) is 0 Å². The predicted octanol–water partition coefficient (Wildman–Crippen LogP) is 2.06. The Balaban J connectivity index is 2.09. The number of nitrogens with zero attached hydrogens (tertiary/aromatic N) is 1. The summed E-state index contributed by atoms with van der Waals surface area (Å²) in [6.07, 6.45) is 2.77. The molecule has 0 saturated heterocycles. The van der Waals surface area contributed by atoms with E-state index in [1.54, 1.807) is 6.92 Å². The Morgan fingerprint density at radius 1 is 1.48 bits per heavy atom. The van der Waals surface area contributed by atoms with Crippen LogP contribution in [0, 0.1) is 0 Å². The number of aromatic nitrogens is 2. The number of rotatable bonds is 4. The number of thiophene rings is 1. The van der Waals surface area contributed by atoms with Crippen LogP contribution in [0.15, 0.2) is 4.79 Å². The summed E-state index contributed by atoms with van der Waals surface area (Å²) >= 11 is 1.34. The zero-order valence-corrected chi connectivity index (χ0v) is 13.4. The molecule has 2 aromatic rings. The van der Waals surface area contributed by atoms with Crippen molar-refractivity contribution in [2.75, 3.05) is 6.61 Å². The summed E-state index contributed by atoms with van der Waals surface area (Å²) in [7, 11) is 0. The molecule has 0 bridgehead atoms. The standard InChI is InChI=1S/C15H16N2O5S/c1-2-22-9(18)6-7-4-3-5-8-10(7)11-13(19)16-12(15(20)21)17-14(11)23-8/h7H,2-6H2,1H3,(H,20,21)(H,16,17,19). The average molecular weight is 336 g/mol. The van der Waals surface area contributed by atoms with E-state index in [4.69, 9.17) is 9.84 Å². The van der Waals surface area contributed by atoms with Crippen molar-refractivity contribution in [2.45, 2.75) is 38.5 Å². The Labute approximate surface area is 135 Å². The van der Waals surface area contributed by atoms with Crippen LogP contribution < -0.4 is 5.56 Å². The molecule has 3 rings (SSSR count). The maximum atomic E-state index is 12.3. The fourth-order valence-corrected chi connectivity index (χ4v) is 4.37. The summed E-state index contributed by atoms with van der Waals surface area (Å²) in [5.41, 5.74) is 0.385. The van der Waals surface area contributed by atoms with Crippen LogP contribution in [-0.2, 0) is 16.0 Å². The van der Waals surface area contributed by atoms with E-state index in [9.17, 15) is 14.4 Å². The number of carbonyl (C=O) groups is 2. The van der Waals surface area contributed by atoms with Crippen molar-refractivity contribution < 1.29 is 19.4 Å². The molecule has 2 N–H and O–H groups in total. The van der Waals surface area contributed by atoms with Crippen molar-refractivity contribution in [3.8, 4) is 0 Å². The summed E-state index contributed by atoms with van der Waals surface area (Å²) in [6.45, 7) is 2.08. The number of hydrogen-bond acceptors (Lipinski definition) is 6. The molecule has 2 aromatic heterocycles. The number of aromatic amines is 1. The van der Waals surface area contributed by atoms with Crippen LogP contribution in [0.25, 0.3) is 10.2 Å². The summed E-state index contributed by atoms with van der Waals surface area (Å²) < 4.78 is 5.01. The summed E-state index contributed by atoms with van der Waals surface area (Å²) in [5, 5.41) is 9.43. The molecule has 122 valence electrons. The molecule has 0 spiro atoms. The van der Waals surface area contributed by atoms with Gasteiger partial charge in [0.1, 0.15) is 4.83 Å². The third kappa shape index (κ3) is 2.86. The molecule has 0 aromatic carbocycles. The molecule has 7 nitrogen and oxygen atoms in total. The summed E-state index contributed by atoms with van der Waals surface area (Å²) in [4.78, 5) is 43.0. The second-order valence-electron chi connectivity index (χ2n) is 5.44. The first-order chi connectivity index (χ1) is 11.0. The molecule has 0 radical (unpaired) electrons. The molecule has 1 aliphatic carbocycles. The molecular formula is C15H16N2O5S. The van der Waals surface area contributed by atoms with Crippen molar-refractivity contribution >= 4 is 33.5 Å². The number of aromatic carboxylic acids is 1. The third-order valence-corrected chi connectivity index (χ3v) is 5.12. The lowest BCUT2D eigenvalue weighted by Gasteiger charge is -2.21. The van der Waals surface area contributed by atoms with E-state index < -0.39 is 11.5 Å². The van der Waals surface area contributed by atoms with Crippen molar-refractivity contribution in [2.24, 2.45) is 0 Å². The maximum Gasteiger partial charge on any atom is 0.372 e. The van der Waals surface area contributed by atoms with Crippen LogP contribution in [-0.4, -0.2) is 33.6 Å². The van der Waals surface area contributed by atoms with Gasteiger partial charge >= 0.3 is 11.9 Å². The molecular weight excluding hydrogens is 320 g/mol. The van der Waals surface area contributed by atoms with E-state index >= 15 is 0 Å². The highest BCUT2D eigenvalue weighted by Gasteiger charge is 2.29. The maximum absolute atomic E-state index is 12.3. The van der Waals surface area contributed by atoms with E-state index in [0.29, 0.717) is 16.8 Å². The minimum absolute atomic E-state index is 0.0786. The van der Waals surface area contributed by atoms with Gasteiger partial charge in [-0.25, -0.2) is 9.78 Å². The van der Waals surface area contributed by atoms with Crippen molar-refractivity contribution in [3.63, 3.8) is 0 Å². The van der Waals surface area contributed by atoms with Crippen LogP contribution >= 0.6 is 11.3 Å². The van der Waals surface area contributed by atoms with Crippen LogP contribution in [0.2, 0.25) is 0 Å². The summed E-state index contributed by atoms with van der Waals surface area (Å²) in [5.74, 6) is -1.98. The van der Waals surface area contributed by atoms with Gasteiger partial charge in [-0.15, -0.1) is 11.3 Å². The molecule has 23 heavy (non-hydrogen) atoms. The lowest BCUT2D eigenvalue weighted by atomic mass is 9.84. The van der Waals surface area contributed by atoms with Gasteiger partial charge in [-0.3, -0.25) is 9.59 Å². The Morgan fingerprint density at radius 2 is 2.26 bits per heavy atom. The molecule has 1 unspecified atom stereocenters. The molecule has 8 heteroatoms. The van der Waals surface area contributed by atoms with Gasteiger partial charge in [-0.2, -0.15) is 0 Å². The number of carbonyl (C=O) groups excluding carboxylic acids is 1. The van der Waals surface area contributed by atoms with Gasteiger partial charge in [0, 0.05) is 4.88 Å². The fraction of sp³-hybridized carbons (Fsp3) is 0.467. The first-order valence-corrected chi connectivity index (χ1v) is 8.27. The highest BCUT2D eigenvalue weighted by atomic mass is 32.1. The number of H-pyrrole nitrogens is 1. The third-order valence-electron chi connectivity index (χ3n) is 3.96. The van der Waals surface area contributed by atoms with Gasteiger partial charge < -0.3 is 14.8 Å². The first-order valence-electron chi connectivity index (χ1n) is 7.45. The number of carboxylic acid groups (broad SMARTS) is 1. The highest BCUT2D eigenvalue weighted by molar-refractivity contribution is 7.18. The van der Waals surface area contributed by atoms with Crippen molar-refractivity contribution in [1.29, 1.82) is 0 Å². The van der Waals surface area contributed by atoms with Gasteiger partial charge in [-0.1, -0.05) is 0 Å². The van der Waals surface area contributed by atoms with Crippen LogP contribution in [0.3, 0.4) is 0 Å². The SMILES string of the molecule is CCOC(=O)CC1CCCc2sc3nc(C(=O)O)[nH]c(=O)c3c21. The minimum atomic E-state index is -1.27. The zero-order chi connectivity index (χ0) is 16.6. The first kappa shape index (κ1) is 15.7. The van der Waals surface area contributed by atoms with Crippen molar-refractivity contribution in [3.05, 3.63) is 26.6 Å². The Morgan fingerprint density at radius 3 is 2.96 bits per heavy atom. The topological polar surface area (TPSA) is 109 Å². The van der Waals surface area contributed by atoms with E-state index in [-0.39, 0.29) is 24.1 Å². The number of carboxylic acids is 1. The van der Waals surface area contributed by atoms with E-state index in [1.807, 2.05) is 0 Å². The van der Waals surface area contributed by atoms with Gasteiger partial charge in [0.2, 0.25) is 5.82 Å². The second kappa shape index (κ2) is 6.11. The number of hydrogen-bond donors (Lipinski definition) is 2. The number of fused-ring (bicyclic) bond motifs is 3. The normalized spacial score (nSPS) is 17.0. The molecule has 0 aliphatic heterocycles. The summed E-state index contributed by atoms with van der Waals surface area (Å²) in [6, 6.07) is 0. The molecule has 1 atom stereocenters. The molecule has 0 fully saturated rings. The molecule has 1 aliphatic rings. The average Bonchev–Trinajstić information content (AvgIpc) is 2.87. The Kier molecular flexibility index (Phi) is 4.16. The predicted molar refractivity (Wildman–Crippen MR) is 84.1 cm³/mol. The fourth-order valence-electron chi connectivity index (χ4n) is 3.07. The lowest BCUT2D eigenvalue weighted by molar-refractivity contribution is -0.143. The van der Waals surface area contributed by atoms with Gasteiger partial charge in [-0.05, 0) is 37.7 Å². The highest BCUT2D eigenvalue weighted by Crippen LogP contribution is 2.42. The largest absolute Gasteiger partial charge is 0.475 e. The molecule has 0 amide bonds. The monoisotopic (exact) mass is 336 g/mol. The van der Waals surface area contributed by atoms with E-state index in [1.165, 1.54) is 11.3 Å². The van der Waals surface area contributed by atoms with Crippen molar-refractivity contribution in [1.82, 2.24) is 9.97 Å². The zero-order valence-electron chi connectivity index (χ0n) is 12.5. The number of nitrogens with one attached hydrogen (secondary N) is 1. The quantitative estimate of drug-likeness (QED) is 0.827. The second-order valence-corrected chi connectivity index (χ2v) is 6.52. The number of aryl methyl sites for hydroxylation is 1. The Bertz CT molecular complexity index is 838. The van der Waals surface area contributed by atoms with Crippen LogP contribution in [0.5, 0.6) is 0 Å².